The molecule has 1 heterocycles. The third kappa shape index (κ3) is 3.25. The van der Waals surface area contributed by atoms with E-state index in [4.69, 9.17) is 11.2 Å². The normalized spacial score (nSPS) is 11.8. The van der Waals surface area contributed by atoms with Crippen LogP contribution in [0.3, 0.4) is 0 Å². The maximum atomic E-state index is 5.24. The van der Waals surface area contributed by atoms with Gasteiger partial charge in [-0.15, -0.1) is 12.3 Å². The van der Waals surface area contributed by atoms with Crippen molar-refractivity contribution in [2.45, 2.75) is 25.3 Å². The number of nitrogens with zero attached hydrogens (tertiary/aromatic N) is 1. The van der Waals surface area contributed by atoms with E-state index in [1.165, 1.54) is 0 Å². The Balaban J connectivity index is 2.74. The molecule has 1 aromatic heterocycles. The molecule has 0 aliphatic heterocycles. The second-order valence-electron chi connectivity index (χ2n) is 3.54. The third-order valence-electron chi connectivity index (χ3n) is 2.53. The zero-order valence-corrected chi connectivity index (χ0v) is 9.86. The van der Waals surface area contributed by atoms with E-state index in [1.54, 1.807) is 13.3 Å². The van der Waals surface area contributed by atoms with Gasteiger partial charge >= 0.3 is 0 Å². The Morgan fingerprint density at radius 3 is 3.06 bits per heavy atom. The zero-order valence-electron chi connectivity index (χ0n) is 9.86. The van der Waals surface area contributed by atoms with Gasteiger partial charge in [-0.25, -0.2) is 4.98 Å². The molecule has 16 heavy (non-hydrogen) atoms. The van der Waals surface area contributed by atoms with E-state index >= 15 is 0 Å². The summed E-state index contributed by atoms with van der Waals surface area (Å²) in [6, 6.07) is 4.20. The smallest absolute Gasteiger partial charge is 0.217 e. The molecule has 0 aromatic carbocycles. The molecular formula is C13H18N2O. The molecule has 0 aliphatic rings. The van der Waals surface area contributed by atoms with Gasteiger partial charge in [0.2, 0.25) is 5.88 Å². The lowest BCUT2D eigenvalue weighted by atomic mass is 10.0. The van der Waals surface area contributed by atoms with Crippen molar-refractivity contribution in [2.24, 2.45) is 0 Å². The molecule has 1 N–H and O–H groups in total. The van der Waals surface area contributed by atoms with E-state index in [2.05, 4.69) is 16.2 Å². The fourth-order valence-corrected chi connectivity index (χ4v) is 1.70. The first-order valence-electron chi connectivity index (χ1n) is 5.43. The standard InChI is InChI=1S/C13H18N2O/c1-4-5-6-9-12(14-2)11-8-7-10-15-13(11)16-3/h1,7-8,10,12,14H,5-6,9H2,2-3H3. The molecule has 0 saturated heterocycles. The van der Waals surface area contributed by atoms with Crippen LogP contribution in [0.4, 0.5) is 0 Å². The van der Waals surface area contributed by atoms with Gasteiger partial charge in [0.25, 0.3) is 0 Å². The highest BCUT2D eigenvalue weighted by Crippen LogP contribution is 2.25. The van der Waals surface area contributed by atoms with Crippen molar-refractivity contribution in [3.63, 3.8) is 0 Å². The molecule has 1 aromatic rings. The molecule has 3 nitrogen and oxygen atoms in total. The molecule has 0 spiro atoms. The highest BCUT2D eigenvalue weighted by atomic mass is 16.5. The van der Waals surface area contributed by atoms with Gasteiger partial charge in [-0.2, -0.15) is 0 Å². The molecule has 0 radical (unpaired) electrons. The van der Waals surface area contributed by atoms with Crippen LogP contribution in [0.1, 0.15) is 30.9 Å². The fourth-order valence-electron chi connectivity index (χ4n) is 1.70. The number of hydrogen-bond donors (Lipinski definition) is 1. The summed E-state index contributed by atoms with van der Waals surface area (Å²) in [5.41, 5.74) is 1.09. The monoisotopic (exact) mass is 218 g/mol. The van der Waals surface area contributed by atoms with Crippen molar-refractivity contribution in [2.75, 3.05) is 14.2 Å². The van der Waals surface area contributed by atoms with E-state index < -0.39 is 0 Å². The van der Waals surface area contributed by atoms with Crippen molar-refractivity contribution in [1.82, 2.24) is 10.3 Å². The lowest BCUT2D eigenvalue weighted by Crippen LogP contribution is -2.17. The van der Waals surface area contributed by atoms with E-state index in [0.29, 0.717) is 5.88 Å². The van der Waals surface area contributed by atoms with Crippen LogP contribution >= 0.6 is 0 Å². The molecule has 1 unspecified atom stereocenters. The first kappa shape index (κ1) is 12.5. The highest BCUT2D eigenvalue weighted by Gasteiger charge is 2.14. The Labute approximate surface area is 97.2 Å². The summed E-state index contributed by atoms with van der Waals surface area (Å²) >= 11 is 0. The van der Waals surface area contributed by atoms with Gasteiger partial charge in [0.05, 0.1) is 7.11 Å². The molecule has 0 saturated carbocycles. The van der Waals surface area contributed by atoms with Crippen molar-refractivity contribution >= 4 is 0 Å². The number of ether oxygens (including phenoxy) is 1. The summed E-state index contributed by atoms with van der Waals surface area (Å²) < 4.78 is 5.24. The summed E-state index contributed by atoms with van der Waals surface area (Å²) in [7, 11) is 3.58. The Morgan fingerprint density at radius 1 is 1.62 bits per heavy atom. The van der Waals surface area contributed by atoms with Gasteiger partial charge in [0, 0.05) is 24.2 Å². The lowest BCUT2D eigenvalue weighted by molar-refractivity contribution is 0.381. The van der Waals surface area contributed by atoms with E-state index in [9.17, 15) is 0 Å². The maximum Gasteiger partial charge on any atom is 0.217 e. The summed E-state index contributed by atoms with van der Waals surface area (Å²) in [6.07, 6.45) is 9.77. The van der Waals surface area contributed by atoms with Gasteiger partial charge in [0.15, 0.2) is 0 Å². The van der Waals surface area contributed by atoms with Crippen LogP contribution in [0.2, 0.25) is 0 Å². The number of methoxy groups -OCH3 is 1. The fraction of sp³-hybridized carbons (Fsp3) is 0.462. The maximum absolute atomic E-state index is 5.24. The Bertz CT molecular complexity index is 357. The lowest BCUT2D eigenvalue weighted by Gasteiger charge is -2.17. The van der Waals surface area contributed by atoms with Gasteiger partial charge in [-0.05, 0) is 26.0 Å². The largest absolute Gasteiger partial charge is 0.481 e. The molecule has 86 valence electrons. The molecule has 0 amide bonds. The second kappa shape index (κ2) is 6.86. The Kier molecular flexibility index (Phi) is 5.38. The third-order valence-corrected chi connectivity index (χ3v) is 2.53. The van der Waals surface area contributed by atoms with E-state index in [1.807, 2.05) is 19.2 Å². The second-order valence-corrected chi connectivity index (χ2v) is 3.54. The summed E-state index contributed by atoms with van der Waals surface area (Å²) in [5, 5.41) is 3.26. The van der Waals surface area contributed by atoms with Crippen LogP contribution < -0.4 is 10.1 Å². The molecule has 1 atom stereocenters. The molecular weight excluding hydrogens is 200 g/mol. The van der Waals surface area contributed by atoms with Crippen LogP contribution in [0, 0.1) is 12.3 Å². The van der Waals surface area contributed by atoms with Crippen LogP contribution in [0.25, 0.3) is 0 Å². The molecule has 3 heteroatoms. The first-order chi connectivity index (χ1) is 7.83. The van der Waals surface area contributed by atoms with E-state index in [-0.39, 0.29) is 6.04 Å². The average Bonchev–Trinajstić information content (AvgIpc) is 2.35. The number of terminal acetylenes is 1. The predicted octanol–water partition coefficient (Wildman–Crippen LogP) is 2.15. The SMILES string of the molecule is C#CCCCC(NC)c1cccnc1OC. The minimum absolute atomic E-state index is 0.247. The number of unbranched alkanes of at least 4 members (excludes halogenated alkanes) is 1. The number of pyridine rings is 1. The Hall–Kier alpha value is -1.53. The minimum atomic E-state index is 0.247. The number of rotatable bonds is 6. The van der Waals surface area contributed by atoms with Gasteiger partial charge < -0.3 is 10.1 Å². The van der Waals surface area contributed by atoms with Crippen molar-refractivity contribution in [1.29, 1.82) is 0 Å². The highest BCUT2D eigenvalue weighted by molar-refractivity contribution is 5.28. The summed E-state index contributed by atoms with van der Waals surface area (Å²) in [6.45, 7) is 0. The number of aromatic nitrogens is 1. The Morgan fingerprint density at radius 2 is 2.44 bits per heavy atom. The van der Waals surface area contributed by atoms with Crippen LogP contribution in [0.15, 0.2) is 18.3 Å². The number of nitrogens with one attached hydrogen (secondary N) is 1. The quantitative estimate of drug-likeness (QED) is 0.587. The van der Waals surface area contributed by atoms with Crippen LogP contribution in [0.5, 0.6) is 5.88 Å². The van der Waals surface area contributed by atoms with Gasteiger partial charge in [-0.3, -0.25) is 0 Å². The summed E-state index contributed by atoms with van der Waals surface area (Å²) in [5.74, 6) is 3.34. The average molecular weight is 218 g/mol. The molecule has 0 bridgehead atoms. The molecule has 1 rings (SSSR count). The van der Waals surface area contributed by atoms with Crippen molar-refractivity contribution in [3.05, 3.63) is 23.9 Å². The molecule has 0 fully saturated rings. The predicted molar refractivity (Wildman–Crippen MR) is 65.3 cm³/mol. The van der Waals surface area contributed by atoms with Gasteiger partial charge in [-0.1, -0.05) is 6.07 Å². The number of hydrogen-bond acceptors (Lipinski definition) is 3. The van der Waals surface area contributed by atoms with E-state index in [0.717, 1.165) is 24.8 Å². The minimum Gasteiger partial charge on any atom is -0.481 e. The molecule has 0 aliphatic carbocycles. The van der Waals surface area contributed by atoms with Crippen LogP contribution in [-0.4, -0.2) is 19.1 Å². The topological polar surface area (TPSA) is 34.2 Å². The van der Waals surface area contributed by atoms with Crippen LogP contribution in [-0.2, 0) is 0 Å². The van der Waals surface area contributed by atoms with Gasteiger partial charge in [0.1, 0.15) is 0 Å². The zero-order chi connectivity index (χ0) is 11.8. The van der Waals surface area contributed by atoms with Crippen molar-refractivity contribution < 1.29 is 4.74 Å². The van der Waals surface area contributed by atoms with Crippen molar-refractivity contribution in [3.8, 4) is 18.2 Å². The summed E-state index contributed by atoms with van der Waals surface area (Å²) in [4.78, 5) is 4.19. The first-order valence-corrected chi connectivity index (χ1v) is 5.43.